The largest absolute Gasteiger partial charge is 0.417 e. The first-order valence-electron chi connectivity index (χ1n) is 5.33. The molecule has 4 heteroatoms. The van der Waals surface area contributed by atoms with Crippen LogP contribution in [0.15, 0.2) is 18.3 Å². The summed E-state index contributed by atoms with van der Waals surface area (Å²) >= 11 is 0. The quantitative estimate of drug-likeness (QED) is 0.768. The summed E-state index contributed by atoms with van der Waals surface area (Å²) < 4.78 is 36.8. The molecule has 0 bridgehead atoms. The zero-order chi connectivity index (χ0) is 12.3. The lowest BCUT2D eigenvalue weighted by atomic mass is 9.93. The predicted octanol–water partition coefficient (Wildman–Crippen LogP) is 3.94. The highest BCUT2D eigenvalue weighted by molar-refractivity contribution is 5.17. The Labute approximate surface area is 93.7 Å². The minimum Gasteiger partial charge on any atom is -0.261 e. The summed E-state index contributed by atoms with van der Waals surface area (Å²) in [6, 6.07) is 2.55. The van der Waals surface area contributed by atoms with Crippen molar-refractivity contribution in [1.29, 1.82) is 0 Å². The fourth-order valence-electron chi connectivity index (χ4n) is 1.28. The summed E-state index contributed by atoms with van der Waals surface area (Å²) in [5.74, 6) is 0.924. The molecule has 0 saturated carbocycles. The van der Waals surface area contributed by atoms with E-state index < -0.39 is 11.7 Å². The van der Waals surface area contributed by atoms with Crippen molar-refractivity contribution in [3.8, 4) is 0 Å². The monoisotopic (exact) mass is 231 g/mol. The molecule has 0 aliphatic carbocycles. The van der Waals surface area contributed by atoms with E-state index in [1.54, 1.807) is 0 Å². The van der Waals surface area contributed by atoms with Gasteiger partial charge in [-0.05, 0) is 30.4 Å². The smallest absolute Gasteiger partial charge is 0.261 e. The fraction of sp³-hybridized carbons (Fsp3) is 0.583. The molecule has 0 radical (unpaired) electrons. The Kier molecular flexibility index (Phi) is 3.94. The third kappa shape index (κ3) is 3.51. The molecule has 1 aromatic rings. The second kappa shape index (κ2) is 4.85. The van der Waals surface area contributed by atoms with Crippen LogP contribution in [0.1, 0.15) is 32.0 Å². The van der Waals surface area contributed by atoms with Crippen molar-refractivity contribution in [2.75, 3.05) is 0 Å². The summed E-state index contributed by atoms with van der Waals surface area (Å²) in [6.45, 7) is 6.26. The van der Waals surface area contributed by atoms with Crippen LogP contribution in [0.25, 0.3) is 0 Å². The number of aromatic nitrogens is 1. The van der Waals surface area contributed by atoms with Gasteiger partial charge < -0.3 is 0 Å². The van der Waals surface area contributed by atoms with Gasteiger partial charge in [0.15, 0.2) is 0 Å². The zero-order valence-corrected chi connectivity index (χ0v) is 9.67. The summed E-state index contributed by atoms with van der Waals surface area (Å²) in [4.78, 5) is 3.85. The van der Waals surface area contributed by atoms with Crippen molar-refractivity contribution in [3.63, 3.8) is 0 Å². The molecule has 0 N–H and O–H groups in total. The van der Waals surface area contributed by atoms with Crippen molar-refractivity contribution < 1.29 is 13.2 Å². The van der Waals surface area contributed by atoms with Gasteiger partial charge in [-0.15, -0.1) is 0 Å². The molecule has 1 unspecified atom stereocenters. The molecule has 0 spiro atoms. The van der Waals surface area contributed by atoms with E-state index in [9.17, 15) is 13.2 Å². The lowest BCUT2D eigenvalue weighted by Crippen LogP contribution is -2.10. The highest BCUT2D eigenvalue weighted by Gasteiger charge is 2.30. The van der Waals surface area contributed by atoms with Crippen LogP contribution in [0.3, 0.4) is 0 Å². The van der Waals surface area contributed by atoms with E-state index in [2.05, 4.69) is 25.8 Å². The second-order valence-electron chi connectivity index (χ2n) is 4.46. The van der Waals surface area contributed by atoms with Gasteiger partial charge in [0.05, 0.1) is 5.56 Å². The molecule has 1 atom stereocenters. The molecule has 0 fully saturated rings. The molecular weight excluding hydrogens is 215 g/mol. The van der Waals surface area contributed by atoms with E-state index in [1.807, 2.05) is 0 Å². The fourth-order valence-corrected chi connectivity index (χ4v) is 1.28. The van der Waals surface area contributed by atoms with Crippen LogP contribution in [-0.4, -0.2) is 4.98 Å². The standard InChI is InChI=1S/C12H16F3N/c1-8(2)9(3)6-11-5-4-10(7-16-11)12(13,14)15/h4-5,7-9H,6H2,1-3H3. The summed E-state index contributed by atoms with van der Waals surface area (Å²) in [5, 5.41) is 0. The topological polar surface area (TPSA) is 12.9 Å². The lowest BCUT2D eigenvalue weighted by Gasteiger charge is -2.15. The number of halogens is 3. The van der Waals surface area contributed by atoms with E-state index in [1.165, 1.54) is 6.07 Å². The molecule has 0 aliphatic rings. The van der Waals surface area contributed by atoms with Gasteiger partial charge in [0, 0.05) is 11.9 Å². The van der Waals surface area contributed by atoms with Gasteiger partial charge in [-0.2, -0.15) is 13.2 Å². The van der Waals surface area contributed by atoms with Gasteiger partial charge in [-0.25, -0.2) is 0 Å². The molecule has 0 aliphatic heterocycles. The van der Waals surface area contributed by atoms with Crippen molar-refractivity contribution in [2.24, 2.45) is 11.8 Å². The summed E-state index contributed by atoms with van der Waals surface area (Å²) in [7, 11) is 0. The molecular formula is C12H16F3N. The average molecular weight is 231 g/mol. The summed E-state index contributed by atoms with van der Waals surface area (Å²) in [6.07, 6.45) is -2.67. The van der Waals surface area contributed by atoms with Crippen LogP contribution >= 0.6 is 0 Å². The maximum Gasteiger partial charge on any atom is 0.417 e. The number of alkyl halides is 3. The van der Waals surface area contributed by atoms with Gasteiger partial charge in [0.1, 0.15) is 0 Å². The Balaban J connectivity index is 2.72. The van der Waals surface area contributed by atoms with Gasteiger partial charge in [0.25, 0.3) is 0 Å². The molecule has 0 aromatic carbocycles. The van der Waals surface area contributed by atoms with Crippen molar-refractivity contribution in [1.82, 2.24) is 4.98 Å². The Hall–Kier alpha value is -1.06. The maximum absolute atomic E-state index is 12.3. The second-order valence-corrected chi connectivity index (χ2v) is 4.46. The maximum atomic E-state index is 12.3. The van der Waals surface area contributed by atoms with Crippen LogP contribution in [-0.2, 0) is 12.6 Å². The molecule has 1 aromatic heterocycles. The zero-order valence-electron chi connectivity index (χ0n) is 9.67. The van der Waals surface area contributed by atoms with Crippen LogP contribution in [0.5, 0.6) is 0 Å². The van der Waals surface area contributed by atoms with Crippen molar-refractivity contribution in [3.05, 3.63) is 29.6 Å². The number of rotatable bonds is 3. The first kappa shape index (κ1) is 13.0. The minimum absolute atomic E-state index is 0.421. The molecule has 1 heterocycles. The average Bonchev–Trinajstić information content (AvgIpc) is 2.17. The molecule has 0 saturated heterocycles. The van der Waals surface area contributed by atoms with Crippen LogP contribution in [0, 0.1) is 11.8 Å². The van der Waals surface area contributed by atoms with Crippen LogP contribution < -0.4 is 0 Å². The predicted molar refractivity (Wildman–Crippen MR) is 56.9 cm³/mol. The van der Waals surface area contributed by atoms with E-state index in [0.717, 1.165) is 18.7 Å². The highest BCUT2D eigenvalue weighted by Crippen LogP contribution is 2.28. The van der Waals surface area contributed by atoms with Gasteiger partial charge in [-0.3, -0.25) is 4.98 Å². The molecule has 1 rings (SSSR count). The Morgan fingerprint density at radius 3 is 2.19 bits per heavy atom. The van der Waals surface area contributed by atoms with E-state index in [4.69, 9.17) is 0 Å². The third-order valence-electron chi connectivity index (χ3n) is 2.82. The van der Waals surface area contributed by atoms with Gasteiger partial charge in [0.2, 0.25) is 0 Å². The Bertz CT molecular complexity index is 327. The lowest BCUT2D eigenvalue weighted by molar-refractivity contribution is -0.137. The minimum atomic E-state index is -4.30. The number of nitrogens with zero attached hydrogens (tertiary/aromatic N) is 1. The first-order chi connectivity index (χ1) is 7.30. The summed E-state index contributed by atoms with van der Waals surface area (Å²) in [5.41, 5.74) is 0.0302. The van der Waals surface area contributed by atoms with Crippen molar-refractivity contribution >= 4 is 0 Å². The van der Waals surface area contributed by atoms with E-state index in [0.29, 0.717) is 17.5 Å². The highest BCUT2D eigenvalue weighted by atomic mass is 19.4. The number of hydrogen-bond donors (Lipinski definition) is 0. The molecule has 0 amide bonds. The number of pyridine rings is 1. The van der Waals surface area contributed by atoms with E-state index in [-0.39, 0.29) is 0 Å². The normalized spacial score (nSPS) is 14.2. The van der Waals surface area contributed by atoms with Crippen LogP contribution in [0.4, 0.5) is 13.2 Å². The van der Waals surface area contributed by atoms with Gasteiger partial charge in [-0.1, -0.05) is 20.8 Å². The van der Waals surface area contributed by atoms with Gasteiger partial charge >= 0.3 is 6.18 Å². The Morgan fingerprint density at radius 1 is 1.19 bits per heavy atom. The Morgan fingerprint density at radius 2 is 1.81 bits per heavy atom. The molecule has 1 nitrogen and oxygen atoms in total. The molecule has 16 heavy (non-hydrogen) atoms. The van der Waals surface area contributed by atoms with Crippen LogP contribution in [0.2, 0.25) is 0 Å². The third-order valence-corrected chi connectivity index (χ3v) is 2.82. The van der Waals surface area contributed by atoms with E-state index >= 15 is 0 Å². The molecule has 90 valence electrons. The SMILES string of the molecule is CC(C)C(C)Cc1ccc(C(F)(F)F)cn1. The number of hydrogen-bond acceptors (Lipinski definition) is 1. The first-order valence-corrected chi connectivity index (χ1v) is 5.33. The van der Waals surface area contributed by atoms with Crippen molar-refractivity contribution in [2.45, 2.75) is 33.4 Å².